The van der Waals surface area contributed by atoms with Crippen molar-refractivity contribution >= 4 is 33.4 Å². The highest BCUT2D eigenvalue weighted by molar-refractivity contribution is 7.13. The Kier molecular flexibility index (Phi) is 6.49. The lowest BCUT2D eigenvalue weighted by molar-refractivity contribution is 0.157. The second-order valence-electron chi connectivity index (χ2n) is 10.5. The zero-order valence-electron chi connectivity index (χ0n) is 22.2. The van der Waals surface area contributed by atoms with E-state index in [4.69, 9.17) is 4.74 Å². The van der Waals surface area contributed by atoms with Gasteiger partial charge in [-0.05, 0) is 77.7 Å². The van der Waals surface area contributed by atoms with Crippen LogP contribution in [0, 0.1) is 47.3 Å². The molecule has 0 fully saturated rings. The average Bonchev–Trinajstić information content (AvgIpc) is 3.69. The number of ether oxygens (including phenoxy) is 1. The van der Waals surface area contributed by atoms with Gasteiger partial charge in [0.05, 0.1) is 6.61 Å². The van der Waals surface area contributed by atoms with Gasteiger partial charge in [0.25, 0.3) is 0 Å². The molecule has 3 heteroatoms. The third kappa shape index (κ3) is 4.28. The van der Waals surface area contributed by atoms with Crippen molar-refractivity contribution in [2.75, 3.05) is 13.2 Å². The summed E-state index contributed by atoms with van der Waals surface area (Å²) in [6, 6.07) is 23.3. The summed E-state index contributed by atoms with van der Waals surface area (Å²) in [5, 5.41) is 11.5. The van der Waals surface area contributed by atoms with Gasteiger partial charge in [-0.15, -0.1) is 22.7 Å². The van der Waals surface area contributed by atoms with Crippen molar-refractivity contribution in [1.82, 2.24) is 0 Å². The molecule has 192 valence electrons. The fourth-order valence-corrected chi connectivity index (χ4v) is 8.51. The van der Waals surface area contributed by atoms with Gasteiger partial charge < -0.3 is 4.74 Å². The first-order valence-corrected chi connectivity index (χ1v) is 15.5. The van der Waals surface area contributed by atoms with Gasteiger partial charge in [-0.25, -0.2) is 0 Å². The number of benzene rings is 3. The van der Waals surface area contributed by atoms with Crippen LogP contribution in [0.5, 0.6) is 0 Å². The van der Waals surface area contributed by atoms with Gasteiger partial charge in [0.15, 0.2) is 0 Å². The Bertz CT molecular complexity index is 2110. The number of rotatable bonds is 10. The van der Waals surface area contributed by atoms with Gasteiger partial charge in [-0.1, -0.05) is 78.4 Å². The number of hydrogen-bond acceptors (Lipinski definition) is 3. The van der Waals surface area contributed by atoms with E-state index in [0.717, 1.165) is 13.0 Å². The Labute approximate surface area is 235 Å². The monoisotopic (exact) mass is 542 g/mol. The molecular formula is C36H30OS2. The van der Waals surface area contributed by atoms with E-state index in [1.807, 2.05) is 28.7 Å². The fraction of sp³-hybridized carbons (Fsp3) is 0.222. The lowest BCUT2D eigenvalue weighted by Gasteiger charge is -2.01. The third-order valence-electron chi connectivity index (χ3n) is 7.95. The molecule has 0 N–H and O–H groups in total. The van der Waals surface area contributed by atoms with Gasteiger partial charge in [-0.3, -0.25) is 0 Å². The van der Waals surface area contributed by atoms with Gasteiger partial charge in [0.1, 0.15) is 0 Å². The van der Waals surface area contributed by atoms with Crippen molar-refractivity contribution < 1.29 is 4.74 Å². The van der Waals surface area contributed by atoms with Crippen molar-refractivity contribution in [2.45, 2.75) is 39.0 Å². The molecule has 0 saturated carbocycles. The topological polar surface area (TPSA) is 9.23 Å². The Balaban J connectivity index is 1.16. The van der Waals surface area contributed by atoms with Crippen LogP contribution in [0.25, 0.3) is 21.2 Å². The van der Waals surface area contributed by atoms with E-state index in [9.17, 15) is 0 Å². The third-order valence-corrected chi connectivity index (χ3v) is 10.4. The standard InChI is InChI=1S/C36H30OS2/c1-3-4-8-19-37-20-9-6-5-7-10-25-21-30-26-15-18-29-34-27(16-17-28(33(26)34)35(30)38-25)31-22-32(39-36(29)31)24-13-11-23(2)12-14-24/h8,11-18,21-22H,1,5-7,9-10,19-20H2,2H3. The van der Waals surface area contributed by atoms with Crippen LogP contribution >= 0.6 is 22.7 Å². The maximum atomic E-state index is 5.59. The van der Waals surface area contributed by atoms with E-state index < -0.39 is 0 Å². The van der Waals surface area contributed by atoms with E-state index >= 15 is 0 Å². The highest BCUT2D eigenvalue weighted by Gasteiger charge is 2.16. The van der Waals surface area contributed by atoms with Crippen LogP contribution in [0.15, 0.2) is 84.8 Å². The van der Waals surface area contributed by atoms with Gasteiger partial charge in [0.2, 0.25) is 0 Å². The summed E-state index contributed by atoms with van der Waals surface area (Å²) in [6.45, 7) is 7.06. The minimum absolute atomic E-state index is 0.600. The van der Waals surface area contributed by atoms with Gasteiger partial charge >= 0.3 is 0 Å². The van der Waals surface area contributed by atoms with Crippen LogP contribution < -0.4 is 0 Å². The zero-order valence-corrected chi connectivity index (χ0v) is 23.9. The van der Waals surface area contributed by atoms with E-state index in [1.54, 1.807) is 0 Å². The molecule has 0 spiro atoms. The van der Waals surface area contributed by atoms with Crippen LogP contribution in [-0.2, 0) is 11.2 Å². The Morgan fingerprint density at radius 1 is 0.744 bits per heavy atom. The molecule has 2 aliphatic rings. The molecule has 0 atom stereocenters. The molecule has 0 aliphatic heterocycles. The molecule has 39 heavy (non-hydrogen) atoms. The second kappa shape index (κ2) is 10.3. The molecular weight excluding hydrogens is 513 g/mol. The summed E-state index contributed by atoms with van der Waals surface area (Å²) in [6.07, 6.45) is 7.82. The Hall–Kier alpha value is -3.42. The summed E-state index contributed by atoms with van der Waals surface area (Å²) >= 11 is 3.94. The Morgan fingerprint density at radius 3 is 2.15 bits per heavy atom. The quantitative estimate of drug-likeness (QED) is 0.124. The molecule has 1 nitrogen and oxygen atoms in total. The molecule has 0 amide bonds. The Morgan fingerprint density at radius 2 is 1.41 bits per heavy atom. The lowest BCUT2D eigenvalue weighted by Crippen LogP contribution is -1.94. The molecule has 0 unspecified atom stereocenters. The molecule has 7 rings (SSSR count). The van der Waals surface area contributed by atoms with Crippen molar-refractivity contribution in [1.29, 1.82) is 0 Å². The predicted molar refractivity (Wildman–Crippen MR) is 164 cm³/mol. The molecule has 2 aliphatic carbocycles. The molecule has 0 radical (unpaired) electrons. The number of hydrogen-bond donors (Lipinski definition) is 0. The number of thiophene rings is 2. The van der Waals surface area contributed by atoms with Crippen molar-refractivity contribution in [3.8, 4) is 10.4 Å². The molecule has 5 aromatic rings. The fourth-order valence-electron chi connectivity index (χ4n) is 6.05. The minimum atomic E-state index is 0.600. The first-order valence-electron chi connectivity index (χ1n) is 13.8. The van der Waals surface area contributed by atoms with Crippen LogP contribution in [0.4, 0.5) is 0 Å². The minimum Gasteiger partial charge on any atom is -0.377 e. The van der Waals surface area contributed by atoms with Crippen molar-refractivity contribution in [2.24, 2.45) is 0 Å². The van der Waals surface area contributed by atoms with Crippen LogP contribution in [0.1, 0.15) is 36.1 Å². The largest absolute Gasteiger partial charge is 0.377 e. The van der Waals surface area contributed by atoms with E-state index in [2.05, 4.69) is 85.6 Å². The summed E-state index contributed by atoms with van der Waals surface area (Å²) < 4.78 is 8.48. The molecule has 3 aromatic carbocycles. The average molecular weight is 543 g/mol. The maximum absolute atomic E-state index is 5.59. The highest BCUT2D eigenvalue weighted by atomic mass is 32.1. The van der Waals surface area contributed by atoms with E-state index in [0.29, 0.717) is 6.61 Å². The summed E-state index contributed by atoms with van der Waals surface area (Å²) in [5.74, 6) is 0. The second-order valence-corrected chi connectivity index (χ2v) is 12.7. The molecule has 2 heterocycles. The smallest absolute Gasteiger partial charge is 0.0727 e. The molecule has 0 saturated heterocycles. The van der Waals surface area contributed by atoms with Crippen molar-refractivity contribution in [3.63, 3.8) is 0 Å². The van der Waals surface area contributed by atoms with E-state index in [1.165, 1.54) is 97.7 Å². The summed E-state index contributed by atoms with van der Waals surface area (Å²) in [7, 11) is 0. The van der Waals surface area contributed by atoms with Crippen LogP contribution in [0.3, 0.4) is 0 Å². The predicted octanol–water partition coefficient (Wildman–Crippen LogP) is 9.33. The number of unbranched alkanes of at least 4 members (excludes halogenated alkanes) is 3. The zero-order chi connectivity index (χ0) is 26.3. The first kappa shape index (κ1) is 24.6. The van der Waals surface area contributed by atoms with E-state index in [-0.39, 0.29) is 0 Å². The molecule has 2 aromatic heterocycles. The van der Waals surface area contributed by atoms with Crippen molar-refractivity contribution in [3.05, 3.63) is 136 Å². The van der Waals surface area contributed by atoms with Crippen LogP contribution in [-0.4, -0.2) is 13.2 Å². The normalized spacial score (nSPS) is 11.9. The summed E-state index contributed by atoms with van der Waals surface area (Å²) in [4.78, 5) is 2.87. The van der Waals surface area contributed by atoms with Gasteiger partial charge in [0, 0.05) is 46.3 Å². The highest BCUT2D eigenvalue weighted by Crippen LogP contribution is 2.36. The first-order chi connectivity index (χ1) is 19.2. The number of aryl methyl sites for hydroxylation is 2. The maximum Gasteiger partial charge on any atom is 0.0727 e. The number of fused-ring (bicyclic) bond motifs is 2. The van der Waals surface area contributed by atoms with Gasteiger partial charge in [-0.2, -0.15) is 0 Å². The molecule has 0 bridgehead atoms. The SMILES string of the molecule is C=C=C=CCOCCCCCCc1cc2c(s1)=c1ccc3c4c(ccc=2c14)=c1sc(-c2ccc(C)cc2)cc1=3. The lowest BCUT2D eigenvalue weighted by atomic mass is 10.1. The van der Waals surface area contributed by atoms with Crippen LogP contribution in [0.2, 0.25) is 0 Å². The summed E-state index contributed by atoms with van der Waals surface area (Å²) in [5.41, 5.74) is 8.05.